The molecule has 1 aromatic heterocycles. The second-order valence-corrected chi connectivity index (χ2v) is 16.7. The van der Waals surface area contributed by atoms with Gasteiger partial charge in [0.15, 0.2) is 23.0 Å². The van der Waals surface area contributed by atoms with Crippen LogP contribution >= 0.6 is 11.3 Å². The van der Waals surface area contributed by atoms with Gasteiger partial charge in [0.1, 0.15) is 0 Å². The lowest BCUT2D eigenvalue weighted by Gasteiger charge is -2.37. The summed E-state index contributed by atoms with van der Waals surface area (Å²) in [4.78, 5) is 4.88. The highest BCUT2D eigenvalue weighted by Crippen LogP contribution is 2.60. The van der Waals surface area contributed by atoms with Crippen LogP contribution in [0.1, 0.15) is 0 Å². The van der Waals surface area contributed by atoms with E-state index in [0.29, 0.717) is 0 Å². The summed E-state index contributed by atoms with van der Waals surface area (Å²) in [7, 11) is 0. The molecule has 10 aromatic carbocycles. The van der Waals surface area contributed by atoms with Crippen molar-refractivity contribution in [3.63, 3.8) is 0 Å². The molecule has 0 unspecified atom stereocenters. The highest BCUT2D eigenvalue weighted by Gasteiger charge is 2.34. The van der Waals surface area contributed by atoms with Crippen molar-refractivity contribution in [1.29, 1.82) is 0 Å². The van der Waals surface area contributed by atoms with Crippen LogP contribution in [-0.2, 0) is 0 Å². The van der Waals surface area contributed by atoms with Crippen LogP contribution in [-0.4, -0.2) is 0 Å². The summed E-state index contributed by atoms with van der Waals surface area (Å²) in [6.45, 7) is 0. The van der Waals surface area contributed by atoms with Crippen LogP contribution in [0.4, 0.5) is 34.1 Å². The molecule has 13 rings (SSSR count). The number of benzene rings is 10. The standard InChI is InChI=1S/C56H34N2O2S/c1-3-15-35(16-4-1)37-28-30-41-43(31-37)55(57-45-20-8-11-23-49(45)59-50-24-12-9-21-46(50)57)40-29-27-38(36-17-5-2-6-18-36)32-44(40)56(41)58-47-22-10-13-25-51(47)60-52-33-42-39-19-7-14-26-53(39)61-54(42)34-48(52)58/h1-34H. The first-order chi connectivity index (χ1) is 30.2. The van der Waals surface area contributed by atoms with Crippen molar-refractivity contribution < 1.29 is 9.47 Å². The molecular formula is C56H34N2O2S. The van der Waals surface area contributed by atoms with Crippen molar-refractivity contribution in [2.75, 3.05) is 9.80 Å². The predicted octanol–water partition coefficient (Wildman–Crippen LogP) is 16.8. The Labute approximate surface area is 356 Å². The third-order valence-corrected chi connectivity index (χ3v) is 13.3. The first-order valence-electron chi connectivity index (χ1n) is 20.6. The van der Waals surface area contributed by atoms with Crippen LogP contribution in [0, 0.1) is 0 Å². The number of thiophene rings is 1. The zero-order valence-corrected chi connectivity index (χ0v) is 33.6. The van der Waals surface area contributed by atoms with Gasteiger partial charge in [-0.15, -0.1) is 11.3 Å². The Hall–Kier alpha value is -7.86. The molecule has 0 spiro atoms. The predicted molar refractivity (Wildman–Crippen MR) is 255 cm³/mol. The number of para-hydroxylation sites is 6. The van der Waals surface area contributed by atoms with Crippen molar-refractivity contribution in [2.24, 2.45) is 0 Å². The van der Waals surface area contributed by atoms with E-state index >= 15 is 0 Å². The summed E-state index contributed by atoms with van der Waals surface area (Å²) >= 11 is 1.83. The molecule has 0 fully saturated rings. The molecule has 0 N–H and O–H groups in total. The number of hydrogen-bond acceptors (Lipinski definition) is 5. The van der Waals surface area contributed by atoms with E-state index in [4.69, 9.17) is 9.47 Å². The normalized spacial score (nSPS) is 12.8. The molecule has 0 radical (unpaired) electrons. The van der Waals surface area contributed by atoms with E-state index in [1.54, 1.807) is 0 Å². The van der Waals surface area contributed by atoms with Crippen molar-refractivity contribution >= 4 is 87.2 Å². The van der Waals surface area contributed by atoms with Crippen molar-refractivity contribution in [2.45, 2.75) is 0 Å². The Bertz CT molecular complexity index is 3520. The largest absolute Gasteiger partial charge is 0.453 e. The molecule has 0 saturated carbocycles. The zero-order chi connectivity index (χ0) is 40.0. The number of rotatable bonds is 4. The monoisotopic (exact) mass is 798 g/mol. The molecule has 0 amide bonds. The lowest BCUT2D eigenvalue weighted by Crippen LogP contribution is -2.19. The zero-order valence-electron chi connectivity index (χ0n) is 32.7. The number of anilines is 6. The van der Waals surface area contributed by atoms with E-state index in [2.05, 4.69) is 204 Å². The second kappa shape index (κ2) is 13.3. The number of fused-ring (bicyclic) bond motifs is 9. The quantitative estimate of drug-likeness (QED) is 0.166. The molecule has 0 bridgehead atoms. The van der Waals surface area contributed by atoms with Crippen LogP contribution in [0.5, 0.6) is 23.0 Å². The van der Waals surface area contributed by atoms with Gasteiger partial charge in [-0.05, 0) is 89.0 Å². The van der Waals surface area contributed by atoms with Crippen LogP contribution in [0.3, 0.4) is 0 Å². The van der Waals surface area contributed by atoms with E-state index in [9.17, 15) is 0 Å². The Morgan fingerprint density at radius 3 is 1.30 bits per heavy atom. The van der Waals surface area contributed by atoms with E-state index in [1.165, 1.54) is 20.2 Å². The molecule has 3 heterocycles. The third-order valence-electron chi connectivity index (χ3n) is 12.2. The Morgan fingerprint density at radius 1 is 0.279 bits per heavy atom. The minimum absolute atomic E-state index is 0.815. The van der Waals surface area contributed by atoms with Gasteiger partial charge in [-0.25, -0.2) is 0 Å². The van der Waals surface area contributed by atoms with Crippen molar-refractivity contribution in [3.8, 4) is 45.3 Å². The summed E-state index contributed by atoms with van der Waals surface area (Å²) in [6.07, 6.45) is 0. The van der Waals surface area contributed by atoms with Gasteiger partial charge in [0.05, 0.1) is 34.1 Å². The smallest absolute Gasteiger partial charge is 0.152 e. The fourth-order valence-electron chi connectivity index (χ4n) is 9.45. The second-order valence-electron chi connectivity index (χ2n) is 15.6. The van der Waals surface area contributed by atoms with Gasteiger partial charge >= 0.3 is 0 Å². The SMILES string of the molecule is c1ccc(-c2ccc3c(N4c5ccccc5Oc5cc6c(cc54)sc4ccccc46)c4cc(-c5ccccc5)ccc4c(N4c5ccccc5Oc5ccccc54)c3c2)cc1. The molecule has 5 heteroatoms. The van der Waals surface area contributed by atoms with E-state index in [0.717, 1.165) is 101 Å². The summed E-state index contributed by atoms with van der Waals surface area (Å²) in [5.41, 5.74) is 10.8. The number of ether oxygens (including phenoxy) is 2. The highest BCUT2D eigenvalue weighted by molar-refractivity contribution is 7.25. The molecule has 4 nitrogen and oxygen atoms in total. The molecule has 286 valence electrons. The van der Waals surface area contributed by atoms with Gasteiger partial charge in [0, 0.05) is 41.7 Å². The molecule has 0 saturated heterocycles. The summed E-state index contributed by atoms with van der Waals surface area (Å²) in [5.74, 6) is 3.27. The molecule has 0 atom stereocenters. The first-order valence-corrected chi connectivity index (χ1v) is 21.4. The van der Waals surface area contributed by atoms with Crippen LogP contribution < -0.4 is 19.3 Å². The lowest BCUT2D eigenvalue weighted by molar-refractivity contribution is 0.477. The Kier molecular flexibility index (Phi) is 7.44. The maximum atomic E-state index is 6.89. The summed E-state index contributed by atoms with van der Waals surface area (Å²) in [6, 6.07) is 73.8. The molecule has 2 aliphatic heterocycles. The first kappa shape index (κ1) is 34.0. The lowest BCUT2D eigenvalue weighted by atomic mass is 9.90. The maximum Gasteiger partial charge on any atom is 0.152 e. The molecule has 11 aromatic rings. The fourth-order valence-corrected chi connectivity index (χ4v) is 10.6. The topological polar surface area (TPSA) is 24.9 Å². The summed E-state index contributed by atoms with van der Waals surface area (Å²) < 4.78 is 16.0. The average Bonchev–Trinajstić information content (AvgIpc) is 3.69. The molecular weight excluding hydrogens is 765 g/mol. The van der Waals surface area contributed by atoms with E-state index in [-0.39, 0.29) is 0 Å². The summed E-state index contributed by atoms with van der Waals surface area (Å²) in [5, 5.41) is 6.92. The maximum absolute atomic E-state index is 6.89. The minimum atomic E-state index is 0.815. The highest BCUT2D eigenvalue weighted by atomic mass is 32.1. The van der Waals surface area contributed by atoms with Crippen LogP contribution in [0.25, 0.3) is 64.0 Å². The molecule has 0 aliphatic carbocycles. The van der Waals surface area contributed by atoms with Crippen LogP contribution in [0.2, 0.25) is 0 Å². The third kappa shape index (κ3) is 5.24. The number of hydrogen-bond donors (Lipinski definition) is 0. The minimum Gasteiger partial charge on any atom is -0.453 e. The Balaban J connectivity index is 1.20. The fraction of sp³-hybridized carbons (Fsp3) is 0. The van der Waals surface area contributed by atoms with Gasteiger partial charge in [-0.2, -0.15) is 0 Å². The van der Waals surface area contributed by atoms with Gasteiger partial charge in [-0.1, -0.05) is 140 Å². The molecule has 61 heavy (non-hydrogen) atoms. The van der Waals surface area contributed by atoms with E-state index in [1.807, 2.05) is 23.5 Å². The van der Waals surface area contributed by atoms with Gasteiger partial charge in [0.25, 0.3) is 0 Å². The Morgan fingerprint density at radius 2 is 0.738 bits per heavy atom. The number of nitrogens with zero attached hydrogens (tertiary/aromatic N) is 2. The van der Waals surface area contributed by atoms with Gasteiger partial charge in [-0.3, -0.25) is 0 Å². The van der Waals surface area contributed by atoms with Gasteiger partial charge < -0.3 is 19.3 Å². The molecule has 2 aliphatic rings. The average molecular weight is 799 g/mol. The van der Waals surface area contributed by atoms with Crippen molar-refractivity contribution in [1.82, 2.24) is 0 Å². The van der Waals surface area contributed by atoms with E-state index < -0.39 is 0 Å². The van der Waals surface area contributed by atoms with Gasteiger partial charge in [0.2, 0.25) is 0 Å². The van der Waals surface area contributed by atoms with Crippen LogP contribution in [0.15, 0.2) is 206 Å². The van der Waals surface area contributed by atoms with Crippen molar-refractivity contribution in [3.05, 3.63) is 206 Å².